The van der Waals surface area contributed by atoms with Gasteiger partial charge in [0.2, 0.25) is 0 Å². The van der Waals surface area contributed by atoms with Crippen LogP contribution in [0.25, 0.3) is 11.8 Å². The van der Waals surface area contributed by atoms with Gasteiger partial charge in [0.1, 0.15) is 0 Å². The van der Waals surface area contributed by atoms with E-state index in [9.17, 15) is 0 Å². The van der Waals surface area contributed by atoms with Crippen molar-refractivity contribution in [1.29, 1.82) is 0 Å². The molecule has 1 rings (SSSR count). The van der Waals surface area contributed by atoms with Gasteiger partial charge in [-0.25, -0.2) is 0 Å². The highest BCUT2D eigenvalue weighted by atomic mass is 14.8. The Morgan fingerprint density at radius 1 is 1.38 bits per heavy atom. The van der Waals surface area contributed by atoms with Crippen molar-refractivity contribution in [2.45, 2.75) is 13.8 Å². The molecule has 0 fully saturated rings. The van der Waals surface area contributed by atoms with Crippen LogP contribution in [0.2, 0.25) is 0 Å². The highest BCUT2D eigenvalue weighted by Gasteiger charge is 2.06. The van der Waals surface area contributed by atoms with Gasteiger partial charge in [-0.15, -0.1) is 0 Å². The van der Waals surface area contributed by atoms with E-state index >= 15 is 0 Å². The zero-order valence-electron chi connectivity index (χ0n) is 9.77. The average Bonchev–Trinajstić information content (AvgIpc) is 2.29. The van der Waals surface area contributed by atoms with Gasteiger partial charge in [-0.2, -0.15) is 0 Å². The fourth-order valence-electron chi connectivity index (χ4n) is 1.33. The van der Waals surface area contributed by atoms with Crippen molar-refractivity contribution in [3.05, 3.63) is 54.4 Å². The highest BCUT2D eigenvalue weighted by Crippen LogP contribution is 2.21. The number of allylic oxidation sites excluding steroid dienone is 2. The van der Waals surface area contributed by atoms with E-state index < -0.39 is 0 Å². The van der Waals surface area contributed by atoms with Gasteiger partial charge in [0.25, 0.3) is 0 Å². The first kappa shape index (κ1) is 12.1. The van der Waals surface area contributed by atoms with Gasteiger partial charge < -0.3 is 0 Å². The van der Waals surface area contributed by atoms with Gasteiger partial charge in [-0.1, -0.05) is 31.4 Å². The van der Waals surface area contributed by atoms with Crippen molar-refractivity contribution in [2.75, 3.05) is 0 Å². The van der Waals surface area contributed by atoms with E-state index in [0.29, 0.717) is 0 Å². The molecule has 0 aliphatic heterocycles. The van der Waals surface area contributed by atoms with Gasteiger partial charge in [0, 0.05) is 18.0 Å². The van der Waals surface area contributed by atoms with Crippen molar-refractivity contribution in [3.8, 4) is 0 Å². The molecular weight excluding hydrogens is 196 g/mol. The van der Waals surface area contributed by atoms with E-state index in [-0.39, 0.29) is 0 Å². The molecule has 0 aromatic carbocycles. The summed E-state index contributed by atoms with van der Waals surface area (Å²) in [5, 5.41) is 0. The maximum Gasteiger partial charge on any atom is 0.0957 e. The molecule has 0 unspecified atom stereocenters. The second-order valence-electron chi connectivity index (χ2n) is 3.51. The van der Waals surface area contributed by atoms with Crippen molar-refractivity contribution < 1.29 is 0 Å². The average molecular weight is 212 g/mol. The summed E-state index contributed by atoms with van der Waals surface area (Å²) >= 11 is 0. The van der Waals surface area contributed by atoms with Crippen molar-refractivity contribution in [1.82, 2.24) is 4.98 Å². The third-order valence-corrected chi connectivity index (χ3v) is 2.07. The van der Waals surface area contributed by atoms with Crippen LogP contribution in [0.5, 0.6) is 0 Å². The third-order valence-electron chi connectivity index (χ3n) is 2.07. The predicted octanol–water partition coefficient (Wildman–Crippen LogP) is 3.73. The molecule has 0 bridgehead atoms. The number of pyridine rings is 1. The van der Waals surface area contributed by atoms with E-state index in [2.05, 4.69) is 23.1 Å². The Hall–Kier alpha value is -1.96. The first-order valence-electron chi connectivity index (χ1n) is 5.11. The second-order valence-corrected chi connectivity index (χ2v) is 3.51. The molecule has 0 N–H and O–H groups in total. The molecule has 0 aliphatic rings. The van der Waals surface area contributed by atoms with Crippen LogP contribution in [-0.4, -0.2) is 11.2 Å². The van der Waals surface area contributed by atoms with Crippen LogP contribution in [0.4, 0.5) is 0 Å². The van der Waals surface area contributed by atoms with Crippen LogP contribution in [0.3, 0.4) is 0 Å². The Morgan fingerprint density at radius 2 is 2.12 bits per heavy atom. The molecule has 0 radical (unpaired) electrons. The van der Waals surface area contributed by atoms with Gasteiger partial charge in [-0.3, -0.25) is 9.98 Å². The standard InChI is InChI=1S/C14H16N2/c1-5-9-15-13(11(3)4)14-12(6-2)8-7-10-16-14/h5-10H,1-2H2,3-4H3. The zero-order chi connectivity index (χ0) is 12.0. The number of hydrogen-bond donors (Lipinski definition) is 0. The summed E-state index contributed by atoms with van der Waals surface area (Å²) in [4.78, 5) is 8.69. The topological polar surface area (TPSA) is 25.2 Å². The second kappa shape index (κ2) is 5.81. The Morgan fingerprint density at radius 3 is 2.69 bits per heavy atom. The number of hydrogen-bond acceptors (Lipinski definition) is 2. The molecule has 1 heterocycles. The van der Waals surface area contributed by atoms with Crippen molar-refractivity contribution in [2.24, 2.45) is 4.99 Å². The summed E-state index contributed by atoms with van der Waals surface area (Å²) in [6.45, 7) is 11.4. The van der Waals surface area contributed by atoms with Crippen LogP contribution in [0, 0.1) is 0 Å². The Bertz CT molecular complexity index is 450. The Kier molecular flexibility index (Phi) is 4.40. The fraction of sp³-hybridized carbons (Fsp3) is 0.143. The summed E-state index contributed by atoms with van der Waals surface area (Å²) in [5.74, 6) is 0. The number of aliphatic imine (C=N–C) groups is 1. The van der Waals surface area contributed by atoms with Crippen LogP contribution >= 0.6 is 0 Å². The predicted molar refractivity (Wildman–Crippen MR) is 71.3 cm³/mol. The Balaban J connectivity index is 3.33. The van der Waals surface area contributed by atoms with E-state index in [4.69, 9.17) is 0 Å². The zero-order valence-corrected chi connectivity index (χ0v) is 9.77. The summed E-state index contributed by atoms with van der Waals surface area (Å²) in [6, 6.07) is 3.86. The van der Waals surface area contributed by atoms with E-state index in [1.165, 1.54) is 0 Å². The summed E-state index contributed by atoms with van der Waals surface area (Å²) in [5.41, 5.74) is 3.82. The lowest BCUT2D eigenvalue weighted by atomic mass is 10.1. The summed E-state index contributed by atoms with van der Waals surface area (Å²) in [6.07, 6.45) is 6.87. The molecule has 1 aromatic rings. The molecule has 16 heavy (non-hydrogen) atoms. The fourth-order valence-corrected chi connectivity index (χ4v) is 1.33. The van der Waals surface area contributed by atoms with Crippen LogP contribution in [-0.2, 0) is 0 Å². The lowest BCUT2D eigenvalue weighted by Crippen LogP contribution is -1.93. The lowest BCUT2D eigenvalue weighted by molar-refractivity contribution is 1.22. The normalized spacial score (nSPS) is 10.1. The van der Waals surface area contributed by atoms with Crippen molar-refractivity contribution in [3.63, 3.8) is 0 Å². The molecule has 2 nitrogen and oxygen atoms in total. The van der Waals surface area contributed by atoms with E-state index in [1.54, 1.807) is 24.6 Å². The quantitative estimate of drug-likeness (QED) is 0.698. The SMILES string of the molecule is C=CC=NC(=C(C)C)c1ncccc1C=C. The minimum Gasteiger partial charge on any atom is -0.255 e. The third kappa shape index (κ3) is 2.76. The molecule has 0 aliphatic carbocycles. The number of rotatable bonds is 4. The molecule has 82 valence electrons. The van der Waals surface area contributed by atoms with E-state index in [1.807, 2.05) is 26.0 Å². The highest BCUT2D eigenvalue weighted by molar-refractivity contribution is 5.81. The molecule has 0 saturated heterocycles. The molecule has 1 aromatic heterocycles. The molecule has 0 saturated carbocycles. The first-order valence-corrected chi connectivity index (χ1v) is 5.11. The van der Waals surface area contributed by atoms with Gasteiger partial charge in [-0.05, 0) is 25.5 Å². The van der Waals surface area contributed by atoms with Crippen molar-refractivity contribution >= 4 is 18.0 Å². The van der Waals surface area contributed by atoms with Crippen LogP contribution in [0.15, 0.2) is 48.1 Å². The number of nitrogens with zero attached hydrogens (tertiary/aromatic N) is 2. The minimum atomic E-state index is 0.857. The van der Waals surface area contributed by atoms with Crippen LogP contribution < -0.4 is 0 Å². The monoisotopic (exact) mass is 212 g/mol. The van der Waals surface area contributed by atoms with Gasteiger partial charge in [0.05, 0.1) is 11.4 Å². The maximum atomic E-state index is 4.35. The Labute approximate surface area is 96.8 Å². The molecule has 2 heteroatoms. The van der Waals surface area contributed by atoms with Crippen LogP contribution in [0.1, 0.15) is 25.1 Å². The van der Waals surface area contributed by atoms with Gasteiger partial charge in [0.15, 0.2) is 0 Å². The van der Waals surface area contributed by atoms with E-state index in [0.717, 1.165) is 22.5 Å². The summed E-state index contributed by atoms with van der Waals surface area (Å²) < 4.78 is 0. The molecular formula is C14H16N2. The maximum absolute atomic E-state index is 4.35. The summed E-state index contributed by atoms with van der Waals surface area (Å²) in [7, 11) is 0. The largest absolute Gasteiger partial charge is 0.255 e. The first-order chi connectivity index (χ1) is 7.70. The smallest absolute Gasteiger partial charge is 0.0957 e. The molecule has 0 spiro atoms. The van der Waals surface area contributed by atoms with Gasteiger partial charge >= 0.3 is 0 Å². The minimum absolute atomic E-state index is 0.857. The molecule has 0 amide bonds. The lowest BCUT2D eigenvalue weighted by Gasteiger charge is -2.06. The molecule has 0 atom stereocenters. The number of aromatic nitrogens is 1.